The SMILES string of the molecule is C[N+]1(CCCCC(N)[N+]2(C)CCCCC2)CCCCC1.O. The Morgan fingerprint density at radius 1 is 0.810 bits per heavy atom. The van der Waals surface area contributed by atoms with Gasteiger partial charge in [-0.3, -0.25) is 5.73 Å². The van der Waals surface area contributed by atoms with E-state index in [0.717, 1.165) is 4.48 Å². The van der Waals surface area contributed by atoms with Gasteiger partial charge in [0.1, 0.15) is 6.17 Å². The quantitative estimate of drug-likeness (QED) is 0.591. The first-order chi connectivity index (χ1) is 9.54. The van der Waals surface area contributed by atoms with Crippen LogP contribution in [0, 0.1) is 0 Å². The molecule has 2 fully saturated rings. The van der Waals surface area contributed by atoms with Gasteiger partial charge in [0.25, 0.3) is 0 Å². The molecule has 4 heteroatoms. The first-order valence-electron chi connectivity index (χ1n) is 8.98. The maximum absolute atomic E-state index is 6.50. The van der Waals surface area contributed by atoms with Gasteiger partial charge < -0.3 is 14.4 Å². The predicted octanol–water partition coefficient (Wildman–Crippen LogP) is 1.88. The van der Waals surface area contributed by atoms with Gasteiger partial charge in [0.2, 0.25) is 0 Å². The van der Waals surface area contributed by atoms with Crippen LogP contribution in [-0.4, -0.2) is 67.4 Å². The van der Waals surface area contributed by atoms with E-state index in [-0.39, 0.29) is 5.48 Å². The fraction of sp³-hybridized carbons (Fsp3) is 1.00. The second kappa shape index (κ2) is 8.47. The Kier molecular flexibility index (Phi) is 7.62. The lowest BCUT2D eigenvalue weighted by Crippen LogP contribution is -2.59. The lowest BCUT2D eigenvalue weighted by molar-refractivity contribution is -0.938. The molecular weight excluding hydrogens is 262 g/mol. The summed E-state index contributed by atoms with van der Waals surface area (Å²) >= 11 is 0. The fourth-order valence-corrected chi connectivity index (χ4v) is 4.22. The molecule has 1 atom stereocenters. The van der Waals surface area contributed by atoms with Crippen LogP contribution in [0.1, 0.15) is 57.8 Å². The van der Waals surface area contributed by atoms with Gasteiger partial charge in [-0.15, -0.1) is 0 Å². The minimum Gasteiger partial charge on any atom is -0.412 e. The van der Waals surface area contributed by atoms with Gasteiger partial charge >= 0.3 is 0 Å². The lowest BCUT2D eigenvalue weighted by atomic mass is 10.0. The fourth-order valence-electron chi connectivity index (χ4n) is 4.22. The largest absolute Gasteiger partial charge is 0.412 e. The average molecular weight is 302 g/mol. The van der Waals surface area contributed by atoms with Gasteiger partial charge in [-0.25, -0.2) is 0 Å². The summed E-state index contributed by atoms with van der Waals surface area (Å²) in [6, 6.07) is 0. The molecule has 0 saturated carbocycles. The molecule has 0 radical (unpaired) electrons. The first-order valence-corrected chi connectivity index (χ1v) is 8.98. The van der Waals surface area contributed by atoms with Crippen molar-refractivity contribution in [3.63, 3.8) is 0 Å². The molecule has 0 aromatic carbocycles. The van der Waals surface area contributed by atoms with E-state index in [1.54, 1.807) is 0 Å². The second-order valence-electron chi connectivity index (χ2n) is 7.90. The van der Waals surface area contributed by atoms with Gasteiger partial charge in [-0.1, -0.05) is 0 Å². The molecule has 21 heavy (non-hydrogen) atoms. The molecule has 4 nitrogen and oxygen atoms in total. The van der Waals surface area contributed by atoms with Crippen LogP contribution < -0.4 is 5.73 Å². The van der Waals surface area contributed by atoms with Crippen molar-refractivity contribution in [3.8, 4) is 0 Å². The predicted molar refractivity (Wildman–Crippen MR) is 89.8 cm³/mol. The number of nitrogens with zero attached hydrogens (tertiary/aromatic N) is 2. The Bertz CT molecular complexity index is 284. The van der Waals surface area contributed by atoms with Crippen molar-refractivity contribution in [2.24, 2.45) is 5.73 Å². The number of hydrogen-bond acceptors (Lipinski definition) is 1. The molecule has 2 aliphatic heterocycles. The number of unbranched alkanes of at least 4 members (excludes halogenated alkanes) is 1. The second-order valence-corrected chi connectivity index (χ2v) is 7.90. The monoisotopic (exact) mass is 301 g/mol. The van der Waals surface area contributed by atoms with Crippen LogP contribution in [0.15, 0.2) is 0 Å². The van der Waals surface area contributed by atoms with Crippen LogP contribution in [0.3, 0.4) is 0 Å². The molecule has 0 amide bonds. The van der Waals surface area contributed by atoms with Crippen molar-refractivity contribution in [1.29, 1.82) is 0 Å². The van der Waals surface area contributed by atoms with Crippen LogP contribution in [0.25, 0.3) is 0 Å². The molecule has 4 N–H and O–H groups in total. The molecule has 2 rings (SSSR count). The molecular formula is C17H39N3O+2. The van der Waals surface area contributed by atoms with Crippen molar-refractivity contribution in [1.82, 2.24) is 0 Å². The van der Waals surface area contributed by atoms with Crippen molar-refractivity contribution in [2.75, 3.05) is 46.8 Å². The van der Waals surface area contributed by atoms with Gasteiger partial charge in [0.05, 0.1) is 46.8 Å². The number of rotatable bonds is 6. The summed E-state index contributed by atoms with van der Waals surface area (Å²) in [5, 5.41) is 0. The van der Waals surface area contributed by atoms with Crippen LogP contribution >= 0.6 is 0 Å². The zero-order valence-electron chi connectivity index (χ0n) is 14.4. The van der Waals surface area contributed by atoms with Gasteiger partial charge in [0.15, 0.2) is 0 Å². The Hall–Kier alpha value is -0.160. The molecule has 0 aromatic heterocycles. The van der Waals surface area contributed by atoms with E-state index < -0.39 is 0 Å². The third-order valence-electron chi connectivity index (χ3n) is 5.98. The number of likely N-dealkylation sites (tertiary alicyclic amines) is 2. The molecule has 0 bridgehead atoms. The highest BCUT2D eigenvalue weighted by Gasteiger charge is 2.31. The normalized spacial score (nSPS) is 25.9. The molecule has 0 aliphatic carbocycles. The highest BCUT2D eigenvalue weighted by molar-refractivity contribution is 4.59. The van der Waals surface area contributed by atoms with Crippen molar-refractivity contribution in [3.05, 3.63) is 0 Å². The number of hydrogen-bond donors (Lipinski definition) is 1. The van der Waals surface area contributed by atoms with E-state index in [1.165, 1.54) is 95.0 Å². The molecule has 0 aromatic rings. The maximum atomic E-state index is 6.50. The van der Waals surface area contributed by atoms with Crippen LogP contribution in [0.4, 0.5) is 0 Å². The van der Waals surface area contributed by atoms with Crippen LogP contribution in [-0.2, 0) is 0 Å². The summed E-state index contributed by atoms with van der Waals surface area (Å²) < 4.78 is 2.45. The Balaban J connectivity index is 0.00000220. The average Bonchev–Trinajstić information content (AvgIpc) is 2.45. The standard InChI is InChI=1S/C17H37N3.H2O/c1-19(12-6-3-7-13-19)14-10-5-11-17(18)20(2)15-8-4-9-16-20;/h17H,3-16,18H2,1-2H3;1H2/q+2;. The maximum Gasteiger partial charge on any atom is 0.140 e. The topological polar surface area (TPSA) is 57.5 Å². The third kappa shape index (κ3) is 5.51. The summed E-state index contributed by atoms with van der Waals surface area (Å²) in [6.07, 6.45) is 12.8. The summed E-state index contributed by atoms with van der Waals surface area (Å²) in [4.78, 5) is 0. The van der Waals surface area contributed by atoms with Gasteiger partial charge in [-0.2, -0.15) is 0 Å². The van der Waals surface area contributed by atoms with Crippen molar-refractivity contribution in [2.45, 2.75) is 64.0 Å². The highest BCUT2D eigenvalue weighted by atomic mass is 16.0. The number of quaternary nitrogens is 2. The minimum absolute atomic E-state index is 0. The van der Waals surface area contributed by atoms with Crippen LogP contribution in [0.2, 0.25) is 0 Å². The Labute approximate surface area is 131 Å². The molecule has 1 unspecified atom stereocenters. The first kappa shape index (κ1) is 18.9. The van der Waals surface area contributed by atoms with E-state index in [2.05, 4.69) is 14.1 Å². The zero-order chi connectivity index (χ0) is 14.5. The summed E-state index contributed by atoms with van der Waals surface area (Å²) in [6.45, 7) is 6.78. The third-order valence-corrected chi connectivity index (χ3v) is 5.98. The molecule has 126 valence electrons. The number of piperidine rings is 2. The minimum atomic E-state index is 0. The lowest BCUT2D eigenvalue weighted by Gasteiger charge is -2.42. The Morgan fingerprint density at radius 2 is 1.33 bits per heavy atom. The summed E-state index contributed by atoms with van der Waals surface area (Å²) in [7, 11) is 4.83. The van der Waals surface area contributed by atoms with Gasteiger partial charge in [0, 0.05) is 6.42 Å². The Morgan fingerprint density at radius 3 is 1.90 bits per heavy atom. The summed E-state index contributed by atoms with van der Waals surface area (Å²) in [5.41, 5.74) is 6.50. The zero-order valence-corrected chi connectivity index (χ0v) is 14.4. The number of nitrogens with two attached hydrogens (primary N) is 1. The van der Waals surface area contributed by atoms with E-state index in [1.807, 2.05) is 0 Å². The van der Waals surface area contributed by atoms with E-state index in [0.29, 0.717) is 6.17 Å². The van der Waals surface area contributed by atoms with Crippen molar-refractivity contribution < 1.29 is 14.4 Å². The molecule has 2 heterocycles. The molecule has 2 aliphatic rings. The molecule has 0 spiro atoms. The highest BCUT2D eigenvalue weighted by Crippen LogP contribution is 2.22. The van der Waals surface area contributed by atoms with E-state index in [9.17, 15) is 0 Å². The van der Waals surface area contributed by atoms with Crippen LogP contribution in [0.5, 0.6) is 0 Å². The molecule has 2 saturated heterocycles. The van der Waals surface area contributed by atoms with Gasteiger partial charge in [-0.05, 0) is 51.4 Å². The van der Waals surface area contributed by atoms with E-state index in [4.69, 9.17) is 5.73 Å². The summed E-state index contributed by atoms with van der Waals surface area (Å²) in [5.74, 6) is 0. The van der Waals surface area contributed by atoms with Crippen molar-refractivity contribution >= 4 is 0 Å². The van der Waals surface area contributed by atoms with E-state index >= 15 is 0 Å². The smallest absolute Gasteiger partial charge is 0.140 e.